The summed E-state index contributed by atoms with van der Waals surface area (Å²) in [5.74, 6) is 0.861. The molecule has 0 spiro atoms. The van der Waals surface area contributed by atoms with Crippen molar-refractivity contribution in [3.05, 3.63) is 84.6 Å². The molecule has 1 aromatic carbocycles. The minimum Gasteiger partial charge on any atom is -0.389 e. The van der Waals surface area contributed by atoms with Gasteiger partial charge in [-0.3, -0.25) is 4.68 Å². The van der Waals surface area contributed by atoms with Crippen LogP contribution in [-0.2, 0) is 6.42 Å². The fraction of sp³-hybridized carbons (Fsp3) is 0.300. The Balaban J connectivity index is 1.26. The van der Waals surface area contributed by atoms with Gasteiger partial charge in [0.2, 0.25) is 0 Å². The summed E-state index contributed by atoms with van der Waals surface area (Å²) < 4.78 is 3.59. The molecular formula is C30H30N8O. The fourth-order valence-electron chi connectivity index (χ4n) is 5.21. The van der Waals surface area contributed by atoms with Gasteiger partial charge in [0, 0.05) is 49.1 Å². The second-order valence-corrected chi connectivity index (χ2v) is 10.5. The van der Waals surface area contributed by atoms with Crippen LogP contribution in [-0.4, -0.2) is 53.2 Å². The topological polar surface area (TPSA) is 108 Å². The van der Waals surface area contributed by atoms with E-state index >= 15 is 0 Å². The average Bonchev–Trinajstić information content (AvgIpc) is 3.61. The summed E-state index contributed by atoms with van der Waals surface area (Å²) >= 11 is 0. The zero-order chi connectivity index (χ0) is 27.0. The fourth-order valence-corrected chi connectivity index (χ4v) is 5.21. The van der Waals surface area contributed by atoms with Crippen LogP contribution in [0.25, 0.3) is 28.0 Å². The Morgan fingerprint density at radius 1 is 0.974 bits per heavy atom. The van der Waals surface area contributed by atoms with E-state index in [1.54, 1.807) is 23.1 Å². The SMILES string of the molecule is CC(C)n1cc(-c2cn3ncc(C#N)c3c(-c3ccc(N4CCC(O)(Cc5ccccc5)CC4)nc3)n2)cn1. The van der Waals surface area contributed by atoms with Gasteiger partial charge in [-0.15, -0.1) is 0 Å². The Kier molecular flexibility index (Phi) is 6.33. The standard InChI is InChI=1S/C30H30N8O/c1-21(2)37-19-25(18-33-37)26-20-38-29(24(15-31)17-34-38)28(35-26)23-8-9-27(32-16-23)36-12-10-30(39,11-13-36)14-22-6-4-3-5-7-22/h3-9,16-21,39H,10-14H2,1-2H3. The minimum atomic E-state index is -0.702. The zero-order valence-electron chi connectivity index (χ0n) is 22.1. The highest BCUT2D eigenvalue weighted by molar-refractivity contribution is 5.83. The molecule has 0 unspecified atom stereocenters. The molecular weight excluding hydrogens is 488 g/mol. The number of fused-ring (bicyclic) bond motifs is 1. The van der Waals surface area contributed by atoms with E-state index < -0.39 is 5.60 Å². The van der Waals surface area contributed by atoms with Crippen molar-refractivity contribution in [1.82, 2.24) is 29.4 Å². The highest BCUT2D eigenvalue weighted by Gasteiger charge is 2.33. The van der Waals surface area contributed by atoms with E-state index in [-0.39, 0.29) is 6.04 Å². The van der Waals surface area contributed by atoms with Crippen molar-refractivity contribution in [2.75, 3.05) is 18.0 Å². The highest BCUT2D eigenvalue weighted by atomic mass is 16.3. The highest BCUT2D eigenvalue weighted by Crippen LogP contribution is 2.32. The Morgan fingerprint density at radius 3 is 2.44 bits per heavy atom. The summed E-state index contributed by atoms with van der Waals surface area (Å²) in [6.45, 7) is 5.61. The quantitative estimate of drug-likeness (QED) is 0.348. The molecule has 1 N–H and O–H groups in total. The molecule has 0 bridgehead atoms. The number of rotatable bonds is 6. The molecule has 5 heterocycles. The number of pyridine rings is 1. The van der Waals surface area contributed by atoms with Gasteiger partial charge in [-0.2, -0.15) is 15.5 Å². The first kappa shape index (κ1) is 24.8. The molecule has 0 amide bonds. The monoisotopic (exact) mass is 518 g/mol. The molecule has 4 aromatic heterocycles. The van der Waals surface area contributed by atoms with Gasteiger partial charge in [-0.25, -0.2) is 14.5 Å². The molecule has 1 aliphatic heterocycles. The van der Waals surface area contributed by atoms with Crippen molar-refractivity contribution in [3.63, 3.8) is 0 Å². The normalized spacial score (nSPS) is 15.1. The Morgan fingerprint density at radius 2 is 1.77 bits per heavy atom. The summed E-state index contributed by atoms with van der Waals surface area (Å²) in [5.41, 5.74) is 4.61. The van der Waals surface area contributed by atoms with Gasteiger partial charge in [0.15, 0.2) is 0 Å². The van der Waals surface area contributed by atoms with Gasteiger partial charge >= 0.3 is 0 Å². The Hall–Kier alpha value is -4.55. The molecule has 0 saturated carbocycles. The maximum atomic E-state index is 11.2. The summed E-state index contributed by atoms with van der Waals surface area (Å²) in [5, 5.41) is 29.7. The van der Waals surface area contributed by atoms with E-state index in [0.717, 1.165) is 41.3 Å². The van der Waals surface area contributed by atoms with Crippen LogP contribution < -0.4 is 4.90 Å². The van der Waals surface area contributed by atoms with Gasteiger partial charge < -0.3 is 10.0 Å². The Bertz CT molecular complexity index is 1640. The molecule has 0 atom stereocenters. The number of benzene rings is 1. The molecule has 6 rings (SSSR count). The van der Waals surface area contributed by atoms with Crippen molar-refractivity contribution in [1.29, 1.82) is 5.26 Å². The van der Waals surface area contributed by atoms with Crippen LogP contribution >= 0.6 is 0 Å². The maximum absolute atomic E-state index is 11.2. The van der Waals surface area contributed by atoms with Gasteiger partial charge in [0.1, 0.15) is 23.0 Å². The van der Waals surface area contributed by atoms with E-state index in [1.807, 2.05) is 47.4 Å². The molecule has 9 heteroatoms. The molecule has 0 radical (unpaired) electrons. The molecule has 1 saturated heterocycles. The van der Waals surface area contributed by atoms with Gasteiger partial charge in [-0.05, 0) is 44.4 Å². The van der Waals surface area contributed by atoms with Crippen molar-refractivity contribution in [3.8, 4) is 28.6 Å². The lowest BCUT2D eigenvalue weighted by atomic mass is 9.85. The first-order valence-corrected chi connectivity index (χ1v) is 13.2. The van der Waals surface area contributed by atoms with Crippen LogP contribution in [0.15, 0.2) is 73.4 Å². The first-order chi connectivity index (χ1) is 18.9. The van der Waals surface area contributed by atoms with Crippen LogP contribution in [0.4, 0.5) is 5.82 Å². The minimum absolute atomic E-state index is 0.234. The lowest BCUT2D eigenvalue weighted by Gasteiger charge is -2.39. The molecule has 39 heavy (non-hydrogen) atoms. The molecule has 196 valence electrons. The van der Waals surface area contributed by atoms with E-state index in [1.165, 1.54) is 0 Å². The third-order valence-corrected chi connectivity index (χ3v) is 7.46. The smallest absolute Gasteiger partial charge is 0.128 e. The lowest BCUT2D eigenvalue weighted by Crippen LogP contribution is -2.46. The summed E-state index contributed by atoms with van der Waals surface area (Å²) in [6.07, 6.45) is 11.0. The van der Waals surface area contributed by atoms with Gasteiger partial charge in [0.25, 0.3) is 0 Å². The molecule has 1 fully saturated rings. The number of hydrogen-bond acceptors (Lipinski definition) is 7. The Labute approximate surface area is 227 Å². The molecule has 5 aromatic rings. The van der Waals surface area contributed by atoms with Crippen LogP contribution in [0.2, 0.25) is 0 Å². The summed E-state index contributed by atoms with van der Waals surface area (Å²) in [6, 6.07) is 16.6. The second-order valence-electron chi connectivity index (χ2n) is 10.5. The van der Waals surface area contributed by atoms with Crippen molar-refractivity contribution < 1.29 is 5.11 Å². The molecule has 1 aliphatic rings. The summed E-state index contributed by atoms with van der Waals surface area (Å²) in [4.78, 5) is 11.9. The van der Waals surface area contributed by atoms with Crippen molar-refractivity contribution >= 4 is 11.3 Å². The van der Waals surface area contributed by atoms with Crippen LogP contribution in [0.3, 0.4) is 0 Å². The van der Waals surface area contributed by atoms with Crippen molar-refractivity contribution in [2.24, 2.45) is 0 Å². The third kappa shape index (κ3) is 4.87. The van der Waals surface area contributed by atoms with Crippen LogP contribution in [0, 0.1) is 11.3 Å². The zero-order valence-corrected chi connectivity index (χ0v) is 22.1. The third-order valence-electron chi connectivity index (χ3n) is 7.46. The predicted molar refractivity (Wildman–Crippen MR) is 149 cm³/mol. The average molecular weight is 519 g/mol. The number of aliphatic hydroxyl groups is 1. The number of anilines is 1. The first-order valence-electron chi connectivity index (χ1n) is 13.2. The summed E-state index contributed by atoms with van der Waals surface area (Å²) in [7, 11) is 0. The van der Waals surface area contributed by atoms with E-state index in [4.69, 9.17) is 9.97 Å². The second kappa shape index (κ2) is 9.97. The number of nitriles is 1. The predicted octanol–water partition coefficient (Wildman–Crippen LogP) is 4.68. The largest absolute Gasteiger partial charge is 0.389 e. The number of piperidine rings is 1. The van der Waals surface area contributed by atoms with E-state index in [9.17, 15) is 10.4 Å². The number of nitrogens with zero attached hydrogens (tertiary/aromatic N) is 8. The number of hydrogen-bond donors (Lipinski definition) is 1. The van der Waals surface area contributed by atoms with Gasteiger partial charge in [-0.1, -0.05) is 30.3 Å². The van der Waals surface area contributed by atoms with Crippen molar-refractivity contribution in [2.45, 2.75) is 44.8 Å². The lowest BCUT2D eigenvalue weighted by molar-refractivity contribution is 0.0164. The van der Waals surface area contributed by atoms with Gasteiger partial charge in [0.05, 0.1) is 35.6 Å². The maximum Gasteiger partial charge on any atom is 0.128 e. The van der Waals surface area contributed by atoms with Crippen LogP contribution in [0.1, 0.15) is 43.9 Å². The molecule has 9 nitrogen and oxygen atoms in total. The molecule has 0 aliphatic carbocycles. The van der Waals surface area contributed by atoms with E-state index in [0.29, 0.717) is 36.0 Å². The van der Waals surface area contributed by atoms with E-state index in [2.05, 4.69) is 47.1 Å². The van der Waals surface area contributed by atoms with Crippen LogP contribution in [0.5, 0.6) is 0 Å². The number of aromatic nitrogens is 6.